The van der Waals surface area contributed by atoms with Crippen molar-refractivity contribution in [2.24, 2.45) is 4.99 Å². The lowest BCUT2D eigenvalue weighted by atomic mass is 10.1. The van der Waals surface area contributed by atoms with Crippen LogP contribution < -0.4 is 10.1 Å². The standard InChI is InChI=1S/C22H28N6O2/c1-6-29-22-17(8-7-9-23-22)18-10-19(25-12-16-11-24-15(5)30-16)21-20(26-18)14(4)27-28(21)13(2)3/h7-10,13,16H,6,11-12H2,1-5H3,(H,25,26)/t16-/m0/s1. The van der Waals surface area contributed by atoms with Gasteiger partial charge in [-0.05, 0) is 45.9 Å². The van der Waals surface area contributed by atoms with E-state index in [9.17, 15) is 0 Å². The van der Waals surface area contributed by atoms with Crippen LogP contribution in [0.25, 0.3) is 22.3 Å². The number of nitrogens with zero attached hydrogens (tertiary/aromatic N) is 5. The molecule has 1 aliphatic heterocycles. The van der Waals surface area contributed by atoms with E-state index >= 15 is 0 Å². The van der Waals surface area contributed by atoms with Crippen LogP contribution in [-0.4, -0.2) is 51.4 Å². The molecular formula is C22H28N6O2. The monoisotopic (exact) mass is 408 g/mol. The minimum absolute atomic E-state index is 0.0190. The van der Waals surface area contributed by atoms with Crippen molar-refractivity contribution < 1.29 is 9.47 Å². The average Bonchev–Trinajstić information content (AvgIpc) is 3.30. The topological polar surface area (TPSA) is 86.4 Å². The summed E-state index contributed by atoms with van der Waals surface area (Å²) in [5, 5.41) is 8.31. The first-order chi connectivity index (χ1) is 14.5. The van der Waals surface area contributed by atoms with E-state index < -0.39 is 0 Å². The molecule has 3 aromatic rings. The SMILES string of the molecule is CCOc1ncccc1-c1cc(NC[C@@H]2CN=C(C)O2)c2c(n1)c(C)nn2C(C)C. The van der Waals surface area contributed by atoms with Gasteiger partial charge < -0.3 is 14.8 Å². The van der Waals surface area contributed by atoms with Crippen molar-refractivity contribution in [2.45, 2.75) is 46.8 Å². The number of aliphatic imine (C=N–C) groups is 1. The minimum atomic E-state index is 0.0190. The van der Waals surface area contributed by atoms with Crippen molar-refractivity contribution in [3.63, 3.8) is 0 Å². The first-order valence-corrected chi connectivity index (χ1v) is 10.4. The highest BCUT2D eigenvalue weighted by molar-refractivity contribution is 5.93. The van der Waals surface area contributed by atoms with Crippen molar-refractivity contribution in [1.82, 2.24) is 19.7 Å². The Morgan fingerprint density at radius 1 is 1.33 bits per heavy atom. The molecule has 30 heavy (non-hydrogen) atoms. The zero-order chi connectivity index (χ0) is 21.3. The zero-order valence-corrected chi connectivity index (χ0v) is 18.1. The summed E-state index contributed by atoms with van der Waals surface area (Å²) in [5.74, 6) is 1.32. The third-order valence-corrected chi connectivity index (χ3v) is 5.01. The Morgan fingerprint density at radius 3 is 2.87 bits per heavy atom. The van der Waals surface area contributed by atoms with Crippen LogP contribution in [0.2, 0.25) is 0 Å². The second-order valence-electron chi connectivity index (χ2n) is 7.65. The summed E-state index contributed by atoms with van der Waals surface area (Å²) in [5.41, 5.74) is 5.37. The lowest BCUT2D eigenvalue weighted by molar-refractivity contribution is 0.236. The molecule has 0 spiro atoms. The molecule has 0 saturated carbocycles. The summed E-state index contributed by atoms with van der Waals surface area (Å²) in [6, 6.07) is 6.13. The zero-order valence-electron chi connectivity index (χ0n) is 18.1. The van der Waals surface area contributed by atoms with E-state index in [1.807, 2.05) is 43.7 Å². The number of anilines is 1. The molecule has 1 atom stereocenters. The molecule has 8 heteroatoms. The van der Waals surface area contributed by atoms with Crippen LogP contribution in [0.15, 0.2) is 29.4 Å². The van der Waals surface area contributed by atoms with Gasteiger partial charge in [0.05, 0.1) is 42.3 Å². The van der Waals surface area contributed by atoms with Crippen LogP contribution in [0.5, 0.6) is 5.88 Å². The Bertz CT molecular complexity index is 1090. The van der Waals surface area contributed by atoms with Gasteiger partial charge in [-0.2, -0.15) is 5.10 Å². The number of hydrogen-bond donors (Lipinski definition) is 1. The minimum Gasteiger partial charge on any atom is -0.477 e. The fraction of sp³-hybridized carbons (Fsp3) is 0.455. The Hall–Kier alpha value is -3.16. The Labute approximate surface area is 176 Å². The van der Waals surface area contributed by atoms with E-state index in [0.29, 0.717) is 25.6 Å². The normalized spacial score (nSPS) is 16.1. The van der Waals surface area contributed by atoms with Gasteiger partial charge in [0.1, 0.15) is 17.1 Å². The molecule has 1 N–H and O–H groups in total. The second kappa shape index (κ2) is 8.30. The van der Waals surface area contributed by atoms with Crippen LogP contribution in [0.1, 0.15) is 39.4 Å². The van der Waals surface area contributed by atoms with E-state index in [2.05, 4.69) is 29.1 Å². The molecule has 0 radical (unpaired) electrons. The van der Waals surface area contributed by atoms with Crippen LogP contribution in [0.4, 0.5) is 5.69 Å². The van der Waals surface area contributed by atoms with Gasteiger partial charge >= 0.3 is 0 Å². The third-order valence-electron chi connectivity index (χ3n) is 5.01. The maximum absolute atomic E-state index is 5.76. The molecule has 0 aromatic carbocycles. The summed E-state index contributed by atoms with van der Waals surface area (Å²) in [4.78, 5) is 13.7. The molecule has 0 aliphatic carbocycles. The molecule has 158 valence electrons. The van der Waals surface area contributed by atoms with E-state index in [1.165, 1.54) is 0 Å². The average molecular weight is 409 g/mol. The fourth-order valence-electron chi connectivity index (χ4n) is 3.64. The van der Waals surface area contributed by atoms with Gasteiger partial charge in [-0.15, -0.1) is 0 Å². The molecule has 0 unspecified atom stereocenters. The van der Waals surface area contributed by atoms with Crippen LogP contribution >= 0.6 is 0 Å². The summed E-state index contributed by atoms with van der Waals surface area (Å²) in [7, 11) is 0. The van der Waals surface area contributed by atoms with Gasteiger partial charge in [-0.1, -0.05) is 0 Å². The van der Waals surface area contributed by atoms with Gasteiger partial charge in [0.25, 0.3) is 0 Å². The lowest BCUT2D eigenvalue weighted by Gasteiger charge is -2.17. The van der Waals surface area contributed by atoms with Crippen LogP contribution in [0, 0.1) is 6.92 Å². The number of aromatic nitrogens is 4. The Balaban J connectivity index is 1.80. The number of pyridine rings is 2. The molecule has 3 aromatic heterocycles. The summed E-state index contributed by atoms with van der Waals surface area (Å²) in [6.07, 6.45) is 1.75. The quantitative estimate of drug-likeness (QED) is 0.636. The highest BCUT2D eigenvalue weighted by Gasteiger charge is 2.21. The van der Waals surface area contributed by atoms with Gasteiger partial charge in [0.15, 0.2) is 5.90 Å². The van der Waals surface area contributed by atoms with Crippen molar-refractivity contribution in [3.05, 3.63) is 30.1 Å². The molecule has 4 rings (SSSR count). The largest absolute Gasteiger partial charge is 0.477 e. The lowest BCUT2D eigenvalue weighted by Crippen LogP contribution is -2.23. The summed E-state index contributed by atoms with van der Waals surface area (Å²) < 4.78 is 13.5. The summed E-state index contributed by atoms with van der Waals surface area (Å²) >= 11 is 0. The summed E-state index contributed by atoms with van der Waals surface area (Å²) in [6.45, 7) is 11.9. The van der Waals surface area contributed by atoms with E-state index in [-0.39, 0.29) is 12.1 Å². The van der Waals surface area contributed by atoms with Gasteiger partial charge in [0, 0.05) is 19.2 Å². The van der Waals surface area contributed by atoms with Gasteiger partial charge in [-0.3, -0.25) is 9.67 Å². The van der Waals surface area contributed by atoms with Crippen molar-refractivity contribution in [3.8, 4) is 17.1 Å². The van der Waals surface area contributed by atoms with Gasteiger partial charge in [0.2, 0.25) is 5.88 Å². The van der Waals surface area contributed by atoms with E-state index in [1.54, 1.807) is 6.20 Å². The van der Waals surface area contributed by atoms with E-state index in [4.69, 9.17) is 19.6 Å². The number of aryl methyl sites for hydroxylation is 1. The third kappa shape index (κ3) is 3.81. The molecule has 0 bridgehead atoms. The Morgan fingerprint density at radius 2 is 2.17 bits per heavy atom. The fourth-order valence-corrected chi connectivity index (χ4v) is 3.64. The first-order valence-electron chi connectivity index (χ1n) is 10.4. The van der Waals surface area contributed by atoms with E-state index in [0.717, 1.165) is 39.6 Å². The first kappa shape index (κ1) is 20.1. The maximum Gasteiger partial charge on any atom is 0.222 e. The number of fused-ring (bicyclic) bond motifs is 1. The molecule has 0 fully saturated rings. The van der Waals surface area contributed by atoms with Crippen molar-refractivity contribution in [1.29, 1.82) is 0 Å². The molecular weight excluding hydrogens is 380 g/mol. The van der Waals surface area contributed by atoms with Crippen molar-refractivity contribution >= 4 is 22.6 Å². The van der Waals surface area contributed by atoms with Crippen LogP contribution in [0.3, 0.4) is 0 Å². The number of rotatable bonds is 7. The molecule has 8 nitrogen and oxygen atoms in total. The number of nitrogens with one attached hydrogen (secondary N) is 1. The predicted octanol–water partition coefficient (Wildman–Crippen LogP) is 4.01. The highest BCUT2D eigenvalue weighted by atomic mass is 16.5. The molecule has 4 heterocycles. The van der Waals surface area contributed by atoms with Gasteiger partial charge in [-0.25, -0.2) is 9.97 Å². The predicted molar refractivity (Wildman–Crippen MR) is 118 cm³/mol. The van der Waals surface area contributed by atoms with Crippen LogP contribution in [-0.2, 0) is 4.74 Å². The Kier molecular flexibility index (Phi) is 5.57. The molecule has 0 saturated heterocycles. The molecule has 0 amide bonds. The van der Waals surface area contributed by atoms with Crippen molar-refractivity contribution in [2.75, 3.05) is 25.0 Å². The highest BCUT2D eigenvalue weighted by Crippen LogP contribution is 2.34. The molecule has 1 aliphatic rings. The number of hydrogen-bond acceptors (Lipinski definition) is 7. The number of ether oxygens (including phenoxy) is 2. The second-order valence-corrected chi connectivity index (χ2v) is 7.65. The smallest absolute Gasteiger partial charge is 0.222 e. The maximum atomic E-state index is 5.76.